The maximum atomic E-state index is 12.0. The molecular weight excluding hydrogens is 242 g/mol. The van der Waals surface area contributed by atoms with Crippen LogP contribution in [0.1, 0.15) is 32.3 Å². The second kappa shape index (κ2) is 5.33. The van der Waals surface area contributed by atoms with E-state index < -0.39 is 0 Å². The Balaban J connectivity index is 2.13. The summed E-state index contributed by atoms with van der Waals surface area (Å²) in [4.78, 5) is 23.6. The Labute approximate surface area is 113 Å². The minimum atomic E-state index is -0.281. The van der Waals surface area contributed by atoms with Crippen LogP contribution in [-0.2, 0) is 20.6 Å². The van der Waals surface area contributed by atoms with E-state index in [-0.39, 0.29) is 11.2 Å². The molecule has 0 aromatic carbocycles. The van der Waals surface area contributed by atoms with Crippen molar-refractivity contribution in [2.45, 2.75) is 39.3 Å². The van der Waals surface area contributed by atoms with E-state index in [1.165, 1.54) is 18.0 Å². The van der Waals surface area contributed by atoms with Crippen molar-refractivity contribution < 1.29 is 0 Å². The first kappa shape index (κ1) is 14.1. The van der Waals surface area contributed by atoms with Gasteiger partial charge in [-0.25, -0.2) is 4.79 Å². The van der Waals surface area contributed by atoms with E-state index in [2.05, 4.69) is 19.2 Å². The number of hydrogen-bond acceptors (Lipinski definition) is 3. The van der Waals surface area contributed by atoms with E-state index in [1.54, 1.807) is 13.2 Å². The van der Waals surface area contributed by atoms with Crippen LogP contribution in [0, 0.1) is 11.8 Å². The molecule has 1 aliphatic rings. The van der Waals surface area contributed by atoms with Crippen molar-refractivity contribution in [1.29, 1.82) is 0 Å². The van der Waals surface area contributed by atoms with E-state index in [0.717, 1.165) is 16.9 Å². The van der Waals surface area contributed by atoms with Gasteiger partial charge in [-0.15, -0.1) is 0 Å². The molecule has 0 bridgehead atoms. The zero-order valence-corrected chi connectivity index (χ0v) is 12.1. The third kappa shape index (κ3) is 2.66. The number of nitrogens with one attached hydrogen (secondary N) is 1. The Morgan fingerprint density at radius 1 is 1.26 bits per heavy atom. The quantitative estimate of drug-likeness (QED) is 0.871. The zero-order chi connectivity index (χ0) is 14.2. The van der Waals surface area contributed by atoms with Gasteiger partial charge in [0.15, 0.2) is 0 Å². The Morgan fingerprint density at radius 2 is 1.95 bits per heavy atom. The monoisotopic (exact) mass is 265 g/mol. The third-order valence-corrected chi connectivity index (χ3v) is 4.54. The van der Waals surface area contributed by atoms with Crippen molar-refractivity contribution in [2.24, 2.45) is 25.9 Å². The van der Waals surface area contributed by atoms with Gasteiger partial charge in [-0.1, -0.05) is 13.8 Å². The van der Waals surface area contributed by atoms with Crippen LogP contribution in [0.25, 0.3) is 0 Å². The lowest BCUT2D eigenvalue weighted by Gasteiger charge is -2.19. The van der Waals surface area contributed by atoms with E-state index >= 15 is 0 Å². The normalized spacial score (nSPS) is 26.8. The van der Waals surface area contributed by atoms with Gasteiger partial charge in [0.05, 0.1) is 0 Å². The maximum Gasteiger partial charge on any atom is 0.330 e. The summed E-state index contributed by atoms with van der Waals surface area (Å²) in [7, 11) is 3.19. The number of aromatic nitrogens is 2. The molecule has 0 spiro atoms. The van der Waals surface area contributed by atoms with Gasteiger partial charge in [0, 0.05) is 38.4 Å². The Bertz CT molecular complexity index is 573. The van der Waals surface area contributed by atoms with E-state index in [4.69, 9.17) is 0 Å². The average Bonchev–Trinajstić information content (AvgIpc) is 2.70. The van der Waals surface area contributed by atoms with Crippen molar-refractivity contribution in [2.75, 3.05) is 0 Å². The molecule has 1 N–H and O–H groups in total. The molecule has 3 atom stereocenters. The highest BCUT2D eigenvalue weighted by Crippen LogP contribution is 2.31. The fourth-order valence-corrected chi connectivity index (χ4v) is 2.90. The summed E-state index contributed by atoms with van der Waals surface area (Å²) in [5.74, 6) is 1.37. The lowest BCUT2D eigenvalue weighted by atomic mass is 9.98. The molecule has 1 aromatic heterocycles. The van der Waals surface area contributed by atoms with Crippen LogP contribution in [0.4, 0.5) is 0 Å². The first-order valence-electron chi connectivity index (χ1n) is 6.90. The molecule has 5 nitrogen and oxygen atoms in total. The average molecular weight is 265 g/mol. The van der Waals surface area contributed by atoms with Crippen molar-refractivity contribution in [3.63, 3.8) is 0 Å². The van der Waals surface area contributed by atoms with Gasteiger partial charge in [-0.3, -0.25) is 9.36 Å². The smallest absolute Gasteiger partial charge is 0.309 e. The Morgan fingerprint density at radius 3 is 2.53 bits per heavy atom. The van der Waals surface area contributed by atoms with Gasteiger partial charge < -0.3 is 9.88 Å². The van der Waals surface area contributed by atoms with Gasteiger partial charge in [-0.05, 0) is 24.7 Å². The maximum absolute atomic E-state index is 12.0. The highest BCUT2D eigenvalue weighted by atomic mass is 16.2. The van der Waals surface area contributed by atoms with Crippen LogP contribution in [0.5, 0.6) is 0 Å². The molecule has 0 radical (unpaired) electrons. The van der Waals surface area contributed by atoms with Crippen LogP contribution >= 0.6 is 0 Å². The second-order valence-electron chi connectivity index (χ2n) is 5.81. The van der Waals surface area contributed by atoms with E-state index in [0.29, 0.717) is 24.1 Å². The van der Waals surface area contributed by atoms with Crippen molar-refractivity contribution in [3.05, 3.63) is 32.6 Å². The summed E-state index contributed by atoms with van der Waals surface area (Å²) < 4.78 is 2.62. The SMILES string of the molecule is CC1CCC(NCc2cn(C)c(=O)n(C)c2=O)C1C. The van der Waals surface area contributed by atoms with Gasteiger partial charge in [0.1, 0.15) is 0 Å². The van der Waals surface area contributed by atoms with Crippen LogP contribution in [0.15, 0.2) is 15.8 Å². The summed E-state index contributed by atoms with van der Waals surface area (Å²) in [5.41, 5.74) is 0.169. The molecule has 1 heterocycles. The third-order valence-electron chi connectivity index (χ3n) is 4.54. The lowest BCUT2D eigenvalue weighted by Crippen LogP contribution is -2.41. The second-order valence-corrected chi connectivity index (χ2v) is 5.81. The first-order chi connectivity index (χ1) is 8.91. The van der Waals surface area contributed by atoms with Crippen LogP contribution in [0.2, 0.25) is 0 Å². The minimum absolute atomic E-state index is 0.200. The van der Waals surface area contributed by atoms with Crippen molar-refractivity contribution in [1.82, 2.24) is 14.5 Å². The molecular formula is C14H23N3O2. The minimum Gasteiger partial charge on any atom is -0.309 e. The summed E-state index contributed by atoms with van der Waals surface area (Å²) in [5, 5.41) is 3.46. The predicted octanol–water partition coefficient (Wildman–Crippen LogP) is 0.608. The fraction of sp³-hybridized carbons (Fsp3) is 0.714. The standard InChI is InChI=1S/C14H23N3O2/c1-9-5-6-12(10(9)2)15-7-11-8-16(3)14(19)17(4)13(11)18/h8-10,12,15H,5-7H2,1-4H3. The topological polar surface area (TPSA) is 56.0 Å². The predicted molar refractivity (Wildman–Crippen MR) is 75.1 cm³/mol. The lowest BCUT2D eigenvalue weighted by molar-refractivity contribution is 0.368. The molecule has 2 rings (SSSR count). The summed E-state index contributed by atoms with van der Waals surface area (Å²) in [6, 6.07) is 0.469. The van der Waals surface area contributed by atoms with E-state index in [1.807, 2.05) is 0 Å². The van der Waals surface area contributed by atoms with Gasteiger partial charge in [0.2, 0.25) is 0 Å². The molecule has 5 heteroatoms. The molecule has 1 saturated carbocycles. The highest BCUT2D eigenvalue weighted by molar-refractivity contribution is 5.05. The molecule has 106 valence electrons. The van der Waals surface area contributed by atoms with Crippen LogP contribution < -0.4 is 16.6 Å². The van der Waals surface area contributed by atoms with Gasteiger partial charge in [0.25, 0.3) is 5.56 Å². The number of nitrogens with zero attached hydrogens (tertiary/aromatic N) is 2. The summed E-state index contributed by atoms with van der Waals surface area (Å²) >= 11 is 0. The van der Waals surface area contributed by atoms with Crippen molar-refractivity contribution in [3.8, 4) is 0 Å². The number of rotatable bonds is 3. The molecule has 19 heavy (non-hydrogen) atoms. The number of hydrogen-bond donors (Lipinski definition) is 1. The highest BCUT2D eigenvalue weighted by Gasteiger charge is 2.29. The molecule has 3 unspecified atom stereocenters. The fourth-order valence-electron chi connectivity index (χ4n) is 2.90. The Kier molecular flexibility index (Phi) is 3.94. The molecule has 0 aliphatic heterocycles. The largest absolute Gasteiger partial charge is 0.330 e. The summed E-state index contributed by atoms with van der Waals surface area (Å²) in [6.45, 7) is 5.06. The van der Waals surface area contributed by atoms with Crippen molar-refractivity contribution >= 4 is 0 Å². The Hall–Kier alpha value is -1.36. The molecule has 0 saturated heterocycles. The van der Waals surface area contributed by atoms with Gasteiger partial charge >= 0.3 is 5.69 Å². The van der Waals surface area contributed by atoms with E-state index in [9.17, 15) is 9.59 Å². The first-order valence-corrected chi connectivity index (χ1v) is 6.90. The molecule has 1 aromatic rings. The molecule has 1 aliphatic carbocycles. The van der Waals surface area contributed by atoms with Crippen LogP contribution in [-0.4, -0.2) is 15.2 Å². The number of aryl methyl sites for hydroxylation is 1. The molecule has 0 amide bonds. The summed E-state index contributed by atoms with van der Waals surface area (Å²) in [6.07, 6.45) is 4.04. The zero-order valence-electron chi connectivity index (χ0n) is 12.1. The van der Waals surface area contributed by atoms with Gasteiger partial charge in [-0.2, -0.15) is 0 Å². The molecule has 1 fully saturated rings. The van der Waals surface area contributed by atoms with Crippen LogP contribution in [0.3, 0.4) is 0 Å².